The number of nitrogens with one attached hydrogen (secondary N) is 3. The normalized spacial score (nSPS) is 15.5. The van der Waals surface area contributed by atoms with Gasteiger partial charge < -0.3 is 15.4 Å². The molecular weight excluding hydrogens is 443 g/mol. The monoisotopic (exact) mass is 459 g/mol. The van der Waals surface area contributed by atoms with Gasteiger partial charge in [-0.2, -0.15) is 32.8 Å². The van der Waals surface area contributed by atoms with Gasteiger partial charge in [0.1, 0.15) is 11.4 Å². The Bertz CT molecular complexity index is 1500. The molecule has 0 aromatic carbocycles. The molecule has 4 aromatic heterocycles. The van der Waals surface area contributed by atoms with Crippen LogP contribution < -0.4 is 21.8 Å². The van der Waals surface area contributed by atoms with Gasteiger partial charge in [0.15, 0.2) is 5.65 Å². The molecule has 0 radical (unpaired) electrons. The number of fused-ring (bicyclic) bond motifs is 1. The van der Waals surface area contributed by atoms with E-state index in [9.17, 15) is 23.1 Å². The zero-order chi connectivity index (χ0) is 23.2. The highest BCUT2D eigenvalue weighted by molar-refractivity contribution is 5.57. The molecule has 0 unspecified atom stereocenters. The van der Waals surface area contributed by atoms with Crippen molar-refractivity contribution in [2.24, 2.45) is 4.99 Å². The lowest BCUT2D eigenvalue weighted by Gasteiger charge is -2.08. The standard InChI is InChI=1S/C19H16F3N9O2/c20-19(21,22)13-4-1-9(6-23-13)7-24-16-28-14-10(5-12-15(32)29-18(33)27-12)8-25-31(14)17(30-16)26-11-2-3-11/h1,4-6,8,11,32H,2-3,7H2,(H,24,26,30)(H2,27,29,33). The smallest absolute Gasteiger partial charge is 0.433 e. The van der Waals surface area contributed by atoms with E-state index in [1.807, 2.05) is 0 Å². The molecule has 4 aromatic rings. The number of anilines is 1. The largest absolute Gasteiger partial charge is 0.493 e. The topological polar surface area (TPSA) is 149 Å². The number of halogens is 3. The van der Waals surface area contributed by atoms with Gasteiger partial charge in [-0.3, -0.25) is 9.97 Å². The van der Waals surface area contributed by atoms with Gasteiger partial charge >= 0.3 is 11.9 Å². The molecule has 170 valence electrons. The van der Waals surface area contributed by atoms with Crippen LogP contribution in [0.5, 0.6) is 5.88 Å². The molecule has 0 bridgehead atoms. The maximum atomic E-state index is 12.7. The molecule has 1 saturated carbocycles. The third kappa shape index (κ3) is 4.40. The van der Waals surface area contributed by atoms with Gasteiger partial charge in [-0.1, -0.05) is 6.07 Å². The molecule has 0 atom stereocenters. The van der Waals surface area contributed by atoms with Crippen LogP contribution in [-0.4, -0.2) is 45.7 Å². The molecule has 0 saturated heterocycles. The number of aromatic amines is 2. The maximum absolute atomic E-state index is 12.7. The molecule has 33 heavy (non-hydrogen) atoms. The second kappa shape index (κ2) is 7.72. The summed E-state index contributed by atoms with van der Waals surface area (Å²) in [7, 11) is 0. The number of aromatic nitrogens is 7. The Morgan fingerprint density at radius 1 is 1.24 bits per heavy atom. The molecule has 0 spiro atoms. The van der Waals surface area contributed by atoms with Gasteiger partial charge in [-0.15, -0.1) is 0 Å². The number of H-pyrrole nitrogens is 2. The van der Waals surface area contributed by atoms with E-state index in [0.29, 0.717) is 22.0 Å². The Balaban J connectivity index is 1.51. The SMILES string of the molecule is O=c1[nH]c(O)c(C=c2cnn3c(=NC4CC4)nc(NCc4ccc(C(F)(F)F)nc4)nc23)[nH]1. The van der Waals surface area contributed by atoms with Gasteiger partial charge in [0.05, 0.1) is 12.2 Å². The van der Waals surface area contributed by atoms with Crippen LogP contribution in [0.3, 0.4) is 0 Å². The zero-order valence-electron chi connectivity index (χ0n) is 16.8. The van der Waals surface area contributed by atoms with Gasteiger partial charge in [-0.25, -0.2) is 9.79 Å². The summed E-state index contributed by atoms with van der Waals surface area (Å²) >= 11 is 0. The van der Waals surface area contributed by atoms with Crippen molar-refractivity contribution in [3.8, 4) is 5.88 Å². The quantitative estimate of drug-likeness (QED) is 0.339. The van der Waals surface area contributed by atoms with E-state index in [4.69, 9.17) is 0 Å². The number of pyridine rings is 1. The summed E-state index contributed by atoms with van der Waals surface area (Å²) in [5, 5.41) is 17.5. The number of alkyl halides is 3. The first-order chi connectivity index (χ1) is 15.8. The van der Waals surface area contributed by atoms with Crippen molar-refractivity contribution in [2.45, 2.75) is 31.6 Å². The summed E-state index contributed by atoms with van der Waals surface area (Å²) < 4.78 is 39.6. The van der Waals surface area contributed by atoms with Crippen LogP contribution >= 0.6 is 0 Å². The van der Waals surface area contributed by atoms with Crippen molar-refractivity contribution in [3.05, 3.63) is 62.8 Å². The fourth-order valence-corrected chi connectivity index (χ4v) is 3.04. The number of imidazole rings is 1. The van der Waals surface area contributed by atoms with Crippen LogP contribution in [-0.2, 0) is 12.7 Å². The Morgan fingerprint density at radius 3 is 2.70 bits per heavy atom. The van der Waals surface area contributed by atoms with Crippen molar-refractivity contribution in [1.82, 2.24) is 34.5 Å². The van der Waals surface area contributed by atoms with Crippen molar-refractivity contribution >= 4 is 17.7 Å². The van der Waals surface area contributed by atoms with E-state index in [0.717, 1.165) is 25.1 Å². The van der Waals surface area contributed by atoms with Crippen LogP contribution in [0.2, 0.25) is 0 Å². The predicted octanol–water partition coefficient (Wildman–Crippen LogP) is 0.483. The van der Waals surface area contributed by atoms with E-state index < -0.39 is 17.6 Å². The Kier molecular flexibility index (Phi) is 4.83. The third-order valence-electron chi connectivity index (χ3n) is 4.82. The fraction of sp³-hybridized carbons (Fsp3) is 0.263. The fourth-order valence-electron chi connectivity index (χ4n) is 3.04. The Labute approximate surface area is 181 Å². The van der Waals surface area contributed by atoms with Gasteiger partial charge in [0.2, 0.25) is 11.8 Å². The minimum absolute atomic E-state index is 0.128. The summed E-state index contributed by atoms with van der Waals surface area (Å²) in [5.41, 5.74) is -0.218. The molecule has 5 rings (SSSR count). The van der Waals surface area contributed by atoms with E-state index in [1.54, 1.807) is 0 Å². The lowest BCUT2D eigenvalue weighted by atomic mass is 10.2. The van der Waals surface area contributed by atoms with Crippen LogP contribution in [0.1, 0.15) is 29.8 Å². The minimum Gasteiger partial charge on any atom is -0.493 e. The lowest BCUT2D eigenvalue weighted by Crippen LogP contribution is -2.24. The summed E-state index contributed by atoms with van der Waals surface area (Å²) in [6, 6.07) is 2.36. The third-order valence-corrected chi connectivity index (χ3v) is 4.82. The first kappa shape index (κ1) is 20.7. The van der Waals surface area contributed by atoms with Crippen LogP contribution in [0.25, 0.3) is 11.7 Å². The highest BCUT2D eigenvalue weighted by Crippen LogP contribution is 2.27. The van der Waals surface area contributed by atoms with E-state index in [2.05, 4.69) is 40.3 Å². The zero-order valence-corrected chi connectivity index (χ0v) is 16.8. The number of aromatic hydroxyl groups is 1. The van der Waals surface area contributed by atoms with E-state index in [1.165, 1.54) is 22.9 Å². The highest BCUT2D eigenvalue weighted by Gasteiger charge is 2.32. The van der Waals surface area contributed by atoms with Gasteiger partial charge in [0, 0.05) is 18.0 Å². The molecular formula is C19H16F3N9O2. The molecule has 4 heterocycles. The molecule has 0 amide bonds. The number of rotatable bonds is 5. The maximum Gasteiger partial charge on any atom is 0.433 e. The summed E-state index contributed by atoms with van der Waals surface area (Å²) in [6.45, 7) is 0.128. The van der Waals surface area contributed by atoms with Crippen molar-refractivity contribution in [2.75, 3.05) is 5.32 Å². The van der Waals surface area contributed by atoms with Gasteiger partial charge in [-0.05, 0) is 30.5 Å². The summed E-state index contributed by atoms with van der Waals surface area (Å²) in [5.74, 6) is -0.145. The molecule has 4 N–H and O–H groups in total. The molecule has 11 nitrogen and oxygen atoms in total. The number of hydrogen-bond acceptors (Lipinski definition) is 8. The molecule has 0 aliphatic heterocycles. The second-order valence-corrected chi connectivity index (χ2v) is 7.43. The average molecular weight is 459 g/mol. The Hall–Kier alpha value is -4.23. The first-order valence-electron chi connectivity index (χ1n) is 9.85. The number of nitrogens with zero attached hydrogens (tertiary/aromatic N) is 6. The molecule has 1 aliphatic rings. The number of hydrogen-bond donors (Lipinski definition) is 4. The Morgan fingerprint density at radius 2 is 2.06 bits per heavy atom. The highest BCUT2D eigenvalue weighted by atomic mass is 19.4. The van der Waals surface area contributed by atoms with Crippen LogP contribution in [0, 0.1) is 0 Å². The van der Waals surface area contributed by atoms with Crippen LogP contribution in [0.4, 0.5) is 19.1 Å². The average Bonchev–Trinajstić information content (AvgIpc) is 3.40. The van der Waals surface area contributed by atoms with Crippen LogP contribution in [0.15, 0.2) is 34.3 Å². The lowest BCUT2D eigenvalue weighted by molar-refractivity contribution is -0.141. The summed E-state index contributed by atoms with van der Waals surface area (Å²) in [6.07, 6.45) is 1.48. The predicted molar refractivity (Wildman–Crippen MR) is 108 cm³/mol. The second-order valence-electron chi connectivity index (χ2n) is 7.43. The molecule has 14 heteroatoms. The van der Waals surface area contributed by atoms with E-state index in [-0.39, 0.29) is 30.1 Å². The van der Waals surface area contributed by atoms with E-state index >= 15 is 0 Å². The summed E-state index contributed by atoms with van der Waals surface area (Å²) in [4.78, 5) is 32.9. The minimum atomic E-state index is -4.51. The van der Waals surface area contributed by atoms with Crippen molar-refractivity contribution in [3.63, 3.8) is 0 Å². The first-order valence-corrected chi connectivity index (χ1v) is 9.85. The van der Waals surface area contributed by atoms with Crippen molar-refractivity contribution < 1.29 is 18.3 Å². The molecule has 1 fully saturated rings. The molecule has 1 aliphatic carbocycles. The van der Waals surface area contributed by atoms with Gasteiger partial charge in [0.25, 0.3) is 5.62 Å². The van der Waals surface area contributed by atoms with Crippen molar-refractivity contribution in [1.29, 1.82) is 0 Å².